The molecule has 5 nitrogen and oxygen atoms in total. The minimum absolute atomic E-state index is 0.0942. The molecule has 6 heteroatoms. The van der Waals surface area contributed by atoms with Gasteiger partial charge in [-0.2, -0.15) is 0 Å². The summed E-state index contributed by atoms with van der Waals surface area (Å²) in [7, 11) is -1.59. The molecule has 0 aliphatic rings. The number of ether oxygens (including phenoxy) is 1. The molecule has 0 aromatic rings. The van der Waals surface area contributed by atoms with E-state index in [0.717, 1.165) is 38.5 Å². The lowest BCUT2D eigenvalue weighted by Crippen LogP contribution is -2.27. The van der Waals surface area contributed by atoms with Gasteiger partial charge in [0.15, 0.2) is 0 Å². The maximum Gasteiger partial charge on any atom is 0.305 e. The van der Waals surface area contributed by atoms with Crippen molar-refractivity contribution in [3.8, 4) is 0 Å². The predicted molar refractivity (Wildman–Crippen MR) is 113 cm³/mol. The molecule has 0 bridgehead atoms. The van der Waals surface area contributed by atoms with Crippen LogP contribution in [-0.2, 0) is 19.6 Å². The fourth-order valence-corrected chi connectivity index (χ4v) is 4.34. The molecule has 0 fully saturated rings. The SMILES string of the molecule is CCCCS(=O)(=O)NCCCCCCCCCCCCCCCC(=O)OC. The van der Waals surface area contributed by atoms with Crippen LogP contribution in [0.15, 0.2) is 0 Å². The first-order valence-corrected chi connectivity index (χ1v) is 12.7. The van der Waals surface area contributed by atoms with Gasteiger partial charge in [0.25, 0.3) is 0 Å². The number of nitrogens with one attached hydrogen (secondary N) is 1. The third-order valence-electron chi connectivity index (χ3n) is 4.87. The molecule has 0 aromatic heterocycles. The maximum atomic E-state index is 11.6. The lowest BCUT2D eigenvalue weighted by atomic mass is 10.0. The van der Waals surface area contributed by atoms with Gasteiger partial charge in [-0.25, -0.2) is 13.1 Å². The van der Waals surface area contributed by atoms with Gasteiger partial charge in [0, 0.05) is 13.0 Å². The first-order chi connectivity index (χ1) is 13.0. The first-order valence-electron chi connectivity index (χ1n) is 11.1. The number of carbonyl (C=O) groups excluding carboxylic acids is 1. The van der Waals surface area contributed by atoms with Crippen molar-refractivity contribution in [1.29, 1.82) is 0 Å². The second-order valence-electron chi connectivity index (χ2n) is 7.49. The monoisotopic (exact) mass is 405 g/mol. The van der Waals surface area contributed by atoms with Gasteiger partial charge < -0.3 is 4.74 Å². The zero-order valence-corrected chi connectivity index (χ0v) is 18.6. The van der Waals surface area contributed by atoms with Gasteiger partial charge in [-0.15, -0.1) is 0 Å². The Labute approximate surface area is 168 Å². The number of hydrogen-bond acceptors (Lipinski definition) is 4. The van der Waals surface area contributed by atoms with Crippen LogP contribution in [0, 0.1) is 0 Å². The molecule has 0 amide bonds. The number of esters is 1. The molecule has 1 N–H and O–H groups in total. The largest absolute Gasteiger partial charge is 0.469 e. The summed E-state index contributed by atoms with van der Waals surface area (Å²) in [4.78, 5) is 11.0. The first kappa shape index (κ1) is 26.4. The van der Waals surface area contributed by atoms with E-state index in [0.29, 0.717) is 13.0 Å². The Morgan fingerprint density at radius 2 is 1.19 bits per heavy atom. The lowest BCUT2D eigenvalue weighted by molar-refractivity contribution is -0.140. The Hall–Kier alpha value is -0.620. The van der Waals surface area contributed by atoms with Crippen LogP contribution in [0.3, 0.4) is 0 Å². The van der Waals surface area contributed by atoms with Crippen molar-refractivity contribution in [2.24, 2.45) is 0 Å². The molecule has 0 heterocycles. The number of methoxy groups -OCH3 is 1. The molecule has 162 valence electrons. The van der Waals surface area contributed by atoms with E-state index in [-0.39, 0.29) is 11.7 Å². The summed E-state index contributed by atoms with van der Waals surface area (Å²) in [6.45, 7) is 2.59. The minimum Gasteiger partial charge on any atom is -0.469 e. The zero-order valence-electron chi connectivity index (χ0n) is 17.8. The molecule has 0 aliphatic heterocycles. The number of hydrogen-bond donors (Lipinski definition) is 1. The van der Waals surface area contributed by atoms with Crippen LogP contribution in [-0.4, -0.2) is 33.8 Å². The minimum atomic E-state index is -3.04. The standard InChI is InChI=1S/C21H43NO4S/c1-3-4-20-27(24,25)22-19-17-15-13-11-9-7-5-6-8-10-12-14-16-18-21(23)26-2/h22H,3-20H2,1-2H3. The predicted octanol–water partition coefficient (Wildman–Crippen LogP) is 5.34. The van der Waals surface area contributed by atoms with Crippen molar-refractivity contribution in [3.63, 3.8) is 0 Å². The molecule has 0 saturated heterocycles. The summed E-state index contributed by atoms with van der Waals surface area (Å²) in [5.41, 5.74) is 0. The molecule has 0 aromatic carbocycles. The van der Waals surface area contributed by atoms with Gasteiger partial charge in [0.05, 0.1) is 12.9 Å². The van der Waals surface area contributed by atoms with Gasteiger partial charge in [0.2, 0.25) is 10.0 Å². The molecule has 0 saturated carbocycles. The number of carbonyl (C=O) groups is 1. The van der Waals surface area contributed by atoms with Crippen molar-refractivity contribution in [3.05, 3.63) is 0 Å². The second kappa shape index (κ2) is 18.7. The van der Waals surface area contributed by atoms with Gasteiger partial charge in [-0.05, 0) is 19.3 Å². The number of rotatable bonds is 20. The van der Waals surface area contributed by atoms with Crippen molar-refractivity contribution < 1.29 is 17.9 Å². The zero-order chi connectivity index (χ0) is 20.2. The Morgan fingerprint density at radius 1 is 0.741 bits per heavy atom. The van der Waals surface area contributed by atoms with Crippen LogP contribution in [0.5, 0.6) is 0 Å². The van der Waals surface area contributed by atoms with E-state index in [9.17, 15) is 13.2 Å². The summed E-state index contributed by atoms with van der Waals surface area (Å²) in [6, 6.07) is 0. The number of unbranched alkanes of at least 4 members (excludes halogenated alkanes) is 13. The molecule has 0 radical (unpaired) electrons. The van der Waals surface area contributed by atoms with E-state index >= 15 is 0 Å². The molecule has 0 atom stereocenters. The van der Waals surface area contributed by atoms with Crippen LogP contribution in [0.4, 0.5) is 0 Å². The quantitative estimate of drug-likeness (QED) is 0.219. The fourth-order valence-electron chi connectivity index (χ4n) is 3.08. The topological polar surface area (TPSA) is 72.5 Å². The smallest absolute Gasteiger partial charge is 0.305 e. The highest BCUT2D eigenvalue weighted by Crippen LogP contribution is 2.13. The van der Waals surface area contributed by atoms with Crippen molar-refractivity contribution >= 4 is 16.0 Å². The summed E-state index contributed by atoms with van der Waals surface area (Å²) in [5, 5.41) is 0. The van der Waals surface area contributed by atoms with E-state index in [1.165, 1.54) is 64.9 Å². The van der Waals surface area contributed by atoms with Crippen molar-refractivity contribution in [1.82, 2.24) is 4.72 Å². The van der Waals surface area contributed by atoms with Gasteiger partial charge in [0.1, 0.15) is 0 Å². The van der Waals surface area contributed by atoms with Gasteiger partial charge >= 0.3 is 5.97 Å². The highest BCUT2D eigenvalue weighted by Gasteiger charge is 2.07. The average Bonchev–Trinajstić information content (AvgIpc) is 2.65. The summed E-state index contributed by atoms with van der Waals surface area (Å²) in [6.07, 6.45) is 17.9. The Balaban J connectivity index is 3.20. The van der Waals surface area contributed by atoms with E-state index < -0.39 is 10.0 Å². The number of sulfonamides is 1. The van der Waals surface area contributed by atoms with Crippen LogP contribution in [0.1, 0.15) is 110 Å². The van der Waals surface area contributed by atoms with Gasteiger partial charge in [-0.3, -0.25) is 4.79 Å². The maximum absolute atomic E-state index is 11.6. The Bertz CT molecular complexity index is 437. The molecule has 27 heavy (non-hydrogen) atoms. The summed E-state index contributed by atoms with van der Waals surface area (Å²) in [5.74, 6) is 0.167. The summed E-state index contributed by atoms with van der Waals surface area (Å²) >= 11 is 0. The molecular weight excluding hydrogens is 362 g/mol. The summed E-state index contributed by atoms with van der Waals surface area (Å²) < 4.78 is 30.6. The molecule has 0 unspecified atom stereocenters. The van der Waals surface area contributed by atoms with Crippen LogP contribution in [0.25, 0.3) is 0 Å². The molecule has 0 aliphatic carbocycles. The van der Waals surface area contributed by atoms with E-state index in [4.69, 9.17) is 0 Å². The van der Waals surface area contributed by atoms with Crippen LogP contribution < -0.4 is 4.72 Å². The Kier molecular flexibility index (Phi) is 18.3. The highest BCUT2D eigenvalue weighted by atomic mass is 32.2. The normalized spacial score (nSPS) is 11.6. The molecule has 0 spiro atoms. The average molecular weight is 406 g/mol. The third kappa shape index (κ3) is 19.9. The Morgan fingerprint density at radius 3 is 1.63 bits per heavy atom. The molecule has 0 rings (SSSR count). The lowest BCUT2D eigenvalue weighted by Gasteiger charge is -2.06. The highest BCUT2D eigenvalue weighted by molar-refractivity contribution is 7.89. The fraction of sp³-hybridized carbons (Fsp3) is 0.952. The van der Waals surface area contributed by atoms with Gasteiger partial charge in [-0.1, -0.05) is 84.0 Å². The van der Waals surface area contributed by atoms with Crippen molar-refractivity contribution in [2.75, 3.05) is 19.4 Å². The van der Waals surface area contributed by atoms with E-state index in [1.807, 2.05) is 6.92 Å². The van der Waals surface area contributed by atoms with Crippen molar-refractivity contribution in [2.45, 2.75) is 110 Å². The van der Waals surface area contributed by atoms with E-state index in [1.54, 1.807) is 0 Å². The second-order valence-corrected chi connectivity index (χ2v) is 9.42. The third-order valence-corrected chi connectivity index (χ3v) is 6.34. The molecular formula is C21H43NO4S. The van der Waals surface area contributed by atoms with Crippen LogP contribution >= 0.6 is 0 Å². The van der Waals surface area contributed by atoms with Crippen LogP contribution in [0.2, 0.25) is 0 Å². The van der Waals surface area contributed by atoms with E-state index in [2.05, 4.69) is 9.46 Å².